The number of hydrogen-bond donors (Lipinski definition) is 1. The quantitative estimate of drug-likeness (QED) is 0.535. The summed E-state index contributed by atoms with van der Waals surface area (Å²) in [5, 5.41) is 3.02. The van der Waals surface area contributed by atoms with Crippen LogP contribution in [0, 0.1) is 0 Å². The number of quaternary nitrogens is 1. The number of nitrogens with zero attached hydrogens (tertiary/aromatic N) is 2. The number of benzene rings is 2. The average Bonchev–Trinajstić information content (AvgIpc) is 3.34. The van der Waals surface area contributed by atoms with Crippen molar-refractivity contribution < 1.29 is 14.2 Å². The zero-order chi connectivity index (χ0) is 17.3. The maximum Gasteiger partial charge on any atom is 0.272 e. The molecule has 3 heterocycles. The van der Waals surface area contributed by atoms with Gasteiger partial charge >= 0.3 is 0 Å². The van der Waals surface area contributed by atoms with Crippen molar-refractivity contribution in [3.05, 3.63) is 78.8 Å². The number of fused-ring (bicyclic) bond motifs is 3. The highest BCUT2D eigenvalue weighted by Gasteiger charge is 2.19. The third-order valence-corrected chi connectivity index (χ3v) is 4.35. The molecule has 3 aromatic heterocycles. The Hall–Kier alpha value is -3.44. The lowest BCUT2D eigenvalue weighted by Crippen LogP contribution is -2.76. The third-order valence-electron chi connectivity index (χ3n) is 4.35. The van der Waals surface area contributed by atoms with Crippen LogP contribution in [0.25, 0.3) is 33.5 Å². The fraction of sp³-hybridized carbons (Fsp3) is 0.0476. The van der Waals surface area contributed by atoms with Crippen molar-refractivity contribution in [3.8, 4) is 11.4 Å². The van der Waals surface area contributed by atoms with E-state index in [1.54, 1.807) is 6.26 Å². The molecule has 0 atom stereocenters. The van der Waals surface area contributed by atoms with Crippen LogP contribution in [0.2, 0.25) is 0 Å². The van der Waals surface area contributed by atoms with Crippen LogP contribution in [0.15, 0.2) is 81.8 Å². The van der Waals surface area contributed by atoms with Gasteiger partial charge in [0.25, 0.3) is 5.82 Å². The predicted molar refractivity (Wildman–Crippen MR) is 98.7 cm³/mol. The maximum atomic E-state index is 6.06. The van der Waals surface area contributed by atoms with E-state index in [-0.39, 0.29) is 0 Å². The highest BCUT2D eigenvalue weighted by Crippen LogP contribution is 2.31. The Labute approximate surface area is 149 Å². The average molecular weight is 342 g/mol. The number of nitrogens with two attached hydrogens (primary N) is 1. The first-order valence-electron chi connectivity index (χ1n) is 8.49. The van der Waals surface area contributed by atoms with Crippen LogP contribution < -0.4 is 5.32 Å². The zero-order valence-electron chi connectivity index (χ0n) is 13.9. The third kappa shape index (κ3) is 2.55. The molecule has 0 fully saturated rings. The van der Waals surface area contributed by atoms with E-state index in [0.29, 0.717) is 18.0 Å². The predicted octanol–water partition coefficient (Wildman–Crippen LogP) is 4.03. The van der Waals surface area contributed by atoms with Gasteiger partial charge in [-0.15, -0.1) is 0 Å². The highest BCUT2D eigenvalue weighted by molar-refractivity contribution is 6.05. The second-order valence-corrected chi connectivity index (χ2v) is 6.06. The van der Waals surface area contributed by atoms with Crippen molar-refractivity contribution in [2.45, 2.75) is 6.54 Å². The molecular weight excluding hydrogens is 326 g/mol. The molecule has 2 aromatic carbocycles. The minimum atomic E-state index is 0.643. The van der Waals surface area contributed by atoms with Gasteiger partial charge in [0.05, 0.1) is 6.26 Å². The van der Waals surface area contributed by atoms with Crippen molar-refractivity contribution >= 4 is 27.9 Å². The molecule has 0 amide bonds. The summed E-state index contributed by atoms with van der Waals surface area (Å²) in [7, 11) is 0. The van der Waals surface area contributed by atoms with E-state index in [9.17, 15) is 0 Å². The smallest absolute Gasteiger partial charge is 0.272 e. The lowest BCUT2D eigenvalue weighted by Gasteiger charge is -2.03. The van der Waals surface area contributed by atoms with Crippen LogP contribution in [0.1, 0.15) is 5.76 Å². The van der Waals surface area contributed by atoms with E-state index in [1.807, 2.05) is 72.0 Å². The van der Waals surface area contributed by atoms with Gasteiger partial charge in [0.2, 0.25) is 5.58 Å². The Morgan fingerprint density at radius 3 is 2.54 bits per heavy atom. The molecule has 0 saturated heterocycles. The van der Waals surface area contributed by atoms with E-state index in [1.165, 1.54) is 0 Å². The summed E-state index contributed by atoms with van der Waals surface area (Å²) < 4.78 is 11.5. The number of furan rings is 2. The molecule has 0 aliphatic rings. The van der Waals surface area contributed by atoms with Gasteiger partial charge in [-0.3, -0.25) is 5.32 Å². The van der Waals surface area contributed by atoms with Gasteiger partial charge in [-0.25, -0.2) is 4.98 Å². The molecule has 126 valence electrons. The van der Waals surface area contributed by atoms with E-state index in [2.05, 4.69) is 0 Å². The number of hydrogen-bond acceptors (Lipinski definition) is 4. The summed E-state index contributed by atoms with van der Waals surface area (Å²) in [5.74, 6) is 2.35. The van der Waals surface area contributed by atoms with Crippen molar-refractivity contribution in [1.82, 2.24) is 9.97 Å². The summed E-state index contributed by atoms with van der Waals surface area (Å²) in [6.45, 7) is 0.643. The number of para-hydroxylation sites is 1. The Kier molecular flexibility index (Phi) is 3.50. The van der Waals surface area contributed by atoms with Crippen LogP contribution >= 0.6 is 0 Å². The topological polar surface area (TPSA) is 68.7 Å². The van der Waals surface area contributed by atoms with E-state index < -0.39 is 0 Å². The molecule has 2 N–H and O–H groups in total. The first kappa shape index (κ1) is 14.9. The van der Waals surface area contributed by atoms with Crippen LogP contribution in [-0.2, 0) is 6.54 Å². The maximum absolute atomic E-state index is 6.06. The first-order chi connectivity index (χ1) is 12.9. The van der Waals surface area contributed by atoms with Crippen molar-refractivity contribution in [2.24, 2.45) is 0 Å². The number of rotatable bonds is 4. The fourth-order valence-corrected chi connectivity index (χ4v) is 3.09. The molecule has 5 rings (SSSR count). The molecule has 5 nitrogen and oxygen atoms in total. The Bertz CT molecular complexity index is 1180. The van der Waals surface area contributed by atoms with Crippen molar-refractivity contribution in [2.75, 3.05) is 0 Å². The second-order valence-electron chi connectivity index (χ2n) is 6.06. The van der Waals surface area contributed by atoms with Gasteiger partial charge in [0.1, 0.15) is 17.6 Å². The van der Waals surface area contributed by atoms with E-state index in [0.717, 1.165) is 33.6 Å². The summed E-state index contributed by atoms with van der Waals surface area (Å²) in [6, 6.07) is 21.8. The molecule has 26 heavy (non-hydrogen) atoms. The first-order valence-corrected chi connectivity index (χ1v) is 8.49. The monoisotopic (exact) mass is 342 g/mol. The zero-order valence-corrected chi connectivity index (χ0v) is 13.9. The van der Waals surface area contributed by atoms with Gasteiger partial charge in [0.15, 0.2) is 11.6 Å². The summed E-state index contributed by atoms with van der Waals surface area (Å²) in [4.78, 5) is 9.55. The van der Waals surface area contributed by atoms with Crippen LogP contribution in [0.5, 0.6) is 0 Å². The second kappa shape index (κ2) is 6.13. The highest BCUT2D eigenvalue weighted by atomic mass is 16.3. The fourth-order valence-electron chi connectivity index (χ4n) is 3.09. The lowest BCUT2D eigenvalue weighted by atomic mass is 10.2. The largest absolute Gasteiger partial charge is 0.463 e. The van der Waals surface area contributed by atoms with Crippen LogP contribution in [0.4, 0.5) is 5.82 Å². The van der Waals surface area contributed by atoms with E-state index in [4.69, 9.17) is 18.8 Å². The van der Waals surface area contributed by atoms with Crippen LogP contribution in [0.3, 0.4) is 0 Å². The molecule has 5 aromatic rings. The van der Waals surface area contributed by atoms with Crippen LogP contribution in [-0.4, -0.2) is 9.97 Å². The van der Waals surface area contributed by atoms with Gasteiger partial charge in [-0.2, -0.15) is 4.98 Å². The molecule has 0 aliphatic carbocycles. The minimum Gasteiger partial charge on any atom is -0.463 e. The normalized spacial score (nSPS) is 11.4. The van der Waals surface area contributed by atoms with Gasteiger partial charge < -0.3 is 8.83 Å². The standard InChI is InChI=1S/C21H15N3O2/c1-2-7-14(8-3-1)20-23-18-16-10-4-5-11-17(16)26-19(18)21(24-20)22-13-15-9-6-12-25-15/h1-12H,13H2,(H,22,23,24)/p+1. The van der Waals surface area contributed by atoms with Crippen molar-refractivity contribution in [1.29, 1.82) is 0 Å². The van der Waals surface area contributed by atoms with Crippen molar-refractivity contribution in [3.63, 3.8) is 0 Å². The van der Waals surface area contributed by atoms with Gasteiger partial charge in [0, 0.05) is 10.9 Å². The van der Waals surface area contributed by atoms with E-state index >= 15 is 0 Å². The Morgan fingerprint density at radius 1 is 0.846 bits per heavy atom. The molecular formula is C21H16N3O2+. The SMILES string of the molecule is c1ccc(-c2nc([NH2+]Cc3ccco3)c3oc4ccccc4c3n2)cc1. The lowest BCUT2D eigenvalue weighted by molar-refractivity contribution is -0.593. The Morgan fingerprint density at radius 2 is 1.69 bits per heavy atom. The summed E-state index contributed by atoms with van der Waals surface area (Å²) in [5.41, 5.74) is 3.33. The minimum absolute atomic E-state index is 0.643. The molecule has 0 aliphatic heterocycles. The molecule has 0 unspecified atom stereocenters. The summed E-state index contributed by atoms with van der Waals surface area (Å²) in [6.07, 6.45) is 1.68. The molecule has 5 heteroatoms. The van der Waals surface area contributed by atoms with Gasteiger partial charge in [-0.05, 0) is 24.3 Å². The molecule has 0 saturated carbocycles. The number of aromatic nitrogens is 2. The molecule has 0 bridgehead atoms. The Balaban J connectivity index is 1.69. The molecule has 0 radical (unpaired) electrons. The van der Waals surface area contributed by atoms with Gasteiger partial charge in [-0.1, -0.05) is 42.5 Å². The molecule has 0 spiro atoms. The summed E-state index contributed by atoms with van der Waals surface area (Å²) >= 11 is 0.